The fourth-order valence-electron chi connectivity index (χ4n) is 2.36. The summed E-state index contributed by atoms with van der Waals surface area (Å²) in [7, 11) is 1.28. The monoisotopic (exact) mass is 292 g/mol. The molecule has 5 heteroatoms. The third kappa shape index (κ3) is 3.25. The molecule has 1 aromatic rings. The van der Waals surface area contributed by atoms with Gasteiger partial charge in [0.2, 0.25) is 0 Å². The Balaban J connectivity index is 2.22. The standard InChI is InChI=1S/C16H25BO4/c1-15(2)16(3,4)21-17(20-15)13-9-8-12(7-6-10-18)14(11-13)19-5/h8-9,11,18H,6-7,10H2,1-5H3. The van der Waals surface area contributed by atoms with E-state index in [-0.39, 0.29) is 24.9 Å². The molecule has 0 aromatic heterocycles. The first kappa shape index (κ1) is 16.3. The van der Waals surface area contributed by atoms with Crippen molar-refractivity contribution < 1.29 is 19.2 Å². The number of aryl methyl sites for hydroxylation is 1. The number of hydrogen-bond donors (Lipinski definition) is 1. The molecule has 0 amide bonds. The van der Waals surface area contributed by atoms with Crippen molar-refractivity contribution in [2.45, 2.75) is 51.7 Å². The molecular formula is C16H25BO4. The molecule has 0 atom stereocenters. The Morgan fingerprint density at radius 2 is 1.76 bits per heavy atom. The van der Waals surface area contributed by atoms with E-state index < -0.39 is 0 Å². The van der Waals surface area contributed by atoms with Crippen molar-refractivity contribution in [3.8, 4) is 5.75 Å². The van der Waals surface area contributed by atoms with Crippen molar-refractivity contribution >= 4 is 12.6 Å². The summed E-state index contributed by atoms with van der Waals surface area (Å²) < 4.78 is 17.6. The van der Waals surface area contributed by atoms with Crippen LogP contribution in [0.5, 0.6) is 5.75 Å². The van der Waals surface area contributed by atoms with E-state index in [1.54, 1.807) is 7.11 Å². The van der Waals surface area contributed by atoms with E-state index in [0.29, 0.717) is 0 Å². The second-order valence-corrected chi connectivity index (χ2v) is 6.49. The van der Waals surface area contributed by atoms with Crippen LogP contribution in [0, 0.1) is 0 Å². The predicted molar refractivity (Wildman–Crippen MR) is 84.1 cm³/mol. The second-order valence-electron chi connectivity index (χ2n) is 6.49. The van der Waals surface area contributed by atoms with Crippen molar-refractivity contribution in [1.29, 1.82) is 0 Å². The van der Waals surface area contributed by atoms with E-state index in [1.807, 2.05) is 45.9 Å². The van der Waals surface area contributed by atoms with E-state index in [1.165, 1.54) is 0 Å². The second kappa shape index (κ2) is 5.99. The average Bonchev–Trinajstić information content (AvgIpc) is 2.65. The molecule has 0 aliphatic carbocycles. The number of benzene rings is 1. The number of ether oxygens (including phenoxy) is 1. The van der Waals surface area contributed by atoms with Gasteiger partial charge in [-0.1, -0.05) is 12.1 Å². The molecule has 1 N–H and O–H groups in total. The summed E-state index contributed by atoms with van der Waals surface area (Å²) >= 11 is 0. The minimum atomic E-state index is -0.379. The topological polar surface area (TPSA) is 47.9 Å². The Kier molecular flexibility index (Phi) is 4.66. The maximum absolute atomic E-state index is 8.95. The van der Waals surface area contributed by atoms with Crippen LogP contribution in [0.25, 0.3) is 0 Å². The largest absolute Gasteiger partial charge is 0.496 e. The van der Waals surface area contributed by atoms with Gasteiger partial charge in [0.1, 0.15) is 5.75 Å². The Morgan fingerprint density at radius 1 is 1.14 bits per heavy atom. The van der Waals surface area contributed by atoms with Crippen molar-refractivity contribution in [1.82, 2.24) is 0 Å². The number of aliphatic hydroxyl groups is 1. The molecule has 1 heterocycles. The van der Waals surface area contributed by atoms with E-state index in [9.17, 15) is 0 Å². The van der Waals surface area contributed by atoms with Gasteiger partial charge in [0.15, 0.2) is 0 Å². The maximum Gasteiger partial charge on any atom is 0.494 e. The molecule has 0 bridgehead atoms. The minimum absolute atomic E-state index is 0.183. The first-order chi connectivity index (χ1) is 9.80. The van der Waals surface area contributed by atoms with E-state index >= 15 is 0 Å². The fourth-order valence-corrected chi connectivity index (χ4v) is 2.36. The summed E-state index contributed by atoms with van der Waals surface area (Å²) in [5.41, 5.74) is 1.35. The van der Waals surface area contributed by atoms with Crippen LogP contribution < -0.4 is 10.2 Å². The lowest BCUT2D eigenvalue weighted by Gasteiger charge is -2.32. The van der Waals surface area contributed by atoms with Gasteiger partial charge in [0.05, 0.1) is 18.3 Å². The molecule has 4 nitrogen and oxygen atoms in total. The molecule has 1 aliphatic heterocycles. The molecule has 0 unspecified atom stereocenters. The van der Waals surface area contributed by atoms with Crippen LogP contribution in [0.4, 0.5) is 0 Å². The van der Waals surface area contributed by atoms with E-state index in [2.05, 4.69) is 0 Å². The summed E-state index contributed by atoms with van der Waals surface area (Å²) in [6, 6.07) is 6.00. The Labute approximate surface area is 127 Å². The number of aliphatic hydroxyl groups excluding tert-OH is 1. The van der Waals surface area contributed by atoms with Gasteiger partial charge in [0, 0.05) is 6.61 Å². The fraction of sp³-hybridized carbons (Fsp3) is 0.625. The first-order valence-electron chi connectivity index (χ1n) is 7.44. The summed E-state index contributed by atoms with van der Waals surface area (Å²) in [6.07, 6.45) is 1.52. The zero-order valence-electron chi connectivity index (χ0n) is 13.6. The minimum Gasteiger partial charge on any atom is -0.496 e. The first-order valence-corrected chi connectivity index (χ1v) is 7.44. The van der Waals surface area contributed by atoms with Gasteiger partial charge >= 0.3 is 7.12 Å². The molecule has 1 fully saturated rings. The Bertz CT molecular complexity index is 483. The van der Waals surface area contributed by atoms with Crippen LogP contribution in [0.15, 0.2) is 18.2 Å². The molecule has 21 heavy (non-hydrogen) atoms. The normalized spacial score (nSPS) is 19.8. The predicted octanol–water partition coefficient (Wildman–Crippen LogP) is 1.92. The highest BCUT2D eigenvalue weighted by Gasteiger charge is 2.51. The van der Waals surface area contributed by atoms with Crippen LogP contribution in [0.3, 0.4) is 0 Å². The van der Waals surface area contributed by atoms with Crippen molar-refractivity contribution in [3.05, 3.63) is 23.8 Å². The van der Waals surface area contributed by atoms with Gasteiger partial charge in [-0.15, -0.1) is 0 Å². The van der Waals surface area contributed by atoms with Gasteiger partial charge in [0.25, 0.3) is 0 Å². The number of methoxy groups -OCH3 is 1. The Morgan fingerprint density at radius 3 is 2.29 bits per heavy atom. The van der Waals surface area contributed by atoms with Crippen molar-refractivity contribution in [2.24, 2.45) is 0 Å². The van der Waals surface area contributed by atoms with Crippen LogP contribution in [0.1, 0.15) is 39.7 Å². The van der Waals surface area contributed by atoms with Gasteiger partial charge < -0.3 is 19.2 Å². The van der Waals surface area contributed by atoms with Crippen molar-refractivity contribution in [3.63, 3.8) is 0 Å². The van der Waals surface area contributed by atoms with Crippen LogP contribution in [0.2, 0.25) is 0 Å². The molecule has 0 radical (unpaired) electrons. The Hall–Kier alpha value is -1.04. The highest BCUT2D eigenvalue weighted by atomic mass is 16.7. The molecule has 1 aromatic carbocycles. The van der Waals surface area contributed by atoms with Crippen LogP contribution in [-0.2, 0) is 15.7 Å². The quantitative estimate of drug-likeness (QED) is 0.842. The average molecular weight is 292 g/mol. The molecule has 116 valence electrons. The van der Waals surface area contributed by atoms with Gasteiger partial charge in [-0.25, -0.2) is 0 Å². The molecular weight excluding hydrogens is 267 g/mol. The van der Waals surface area contributed by atoms with Crippen molar-refractivity contribution in [2.75, 3.05) is 13.7 Å². The molecule has 0 spiro atoms. The van der Waals surface area contributed by atoms with E-state index in [0.717, 1.165) is 29.6 Å². The third-order valence-corrected chi connectivity index (χ3v) is 4.44. The zero-order chi connectivity index (χ0) is 15.7. The SMILES string of the molecule is COc1cc(B2OC(C)(C)C(C)(C)O2)ccc1CCCO. The lowest BCUT2D eigenvalue weighted by atomic mass is 9.78. The molecule has 0 saturated carbocycles. The number of hydrogen-bond acceptors (Lipinski definition) is 4. The third-order valence-electron chi connectivity index (χ3n) is 4.44. The van der Waals surface area contributed by atoms with Gasteiger partial charge in [-0.3, -0.25) is 0 Å². The lowest BCUT2D eigenvalue weighted by Crippen LogP contribution is -2.41. The summed E-state index contributed by atoms with van der Waals surface area (Å²) in [6.45, 7) is 8.35. The summed E-state index contributed by atoms with van der Waals surface area (Å²) in [4.78, 5) is 0. The number of rotatable bonds is 5. The molecule has 2 rings (SSSR count). The van der Waals surface area contributed by atoms with Gasteiger partial charge in [-0.2, -0.15) is 0 Å². The highest BCUT2D eigenvalue weighted by Crippen LogP contribution is 2.36. The summed E-state index contributed by atoms with van der Waals surface area (Å²) in [5.74, 6) is 0.815. The van der Waals surface area contributed by atoms with Crippen LogP contribution >= 0.6 is 0 Å². The highest BCUT2D eigenvalue weighted by molar-refractivity contribution is 6.62. The van der Waals surface area contributed by atoms with Crippen LogP contribution in [-0.4, -0.2) is 37.1 Å². The maximum atomic E-state index is 8.95. The molecule has 1 aliphatic rings. The lowest BCUT2D eigenvalue weighted by molar-refractivity contribution is 0.00578. The van der Waals surface area contributed by atoms with E-state index in [4.69, 9.17) is 19.2 Å². The smallest absolute Gasteiger partial charge is 0.494 e. The van der Waals surface area contributed by atoms with Gasteiger partial charge in [-0.05, 0) is 57.6 Å². The summed E-state index contributed by atoms with van der Waals surface area (Å²) in [5, 5.41) is 8.95. The molecule has 1 saturated heterocycles. The zero-order valence-corrected chi connectivity index (χ0v) is 13.6.